The number of nitrogens with two attached hydrogens (primary N) is 1. The maximum atomic E-state index is 5.95. The van der Waals surface area contributed by atoms with E-state index in [0.717, 1.165) is 42.6 Å². The molecule has 5 nitrogen and oxygen atoms in total. The molecule has 1 aliphatic heterocycles. The fourth-order valence-corrected chi connectivity index (χ4v) is 2.09. The highest BCUT2D eigenvalue weighted by Crippen LogP contribution is 2.24. The van der Waals surface area contributed by atoms with E-state index in [1.807, 2.05) is 19.1 Å². The molecule has 1 aliphatic rings. The maximum Gasteiger partial charge on any atom is 0.199 e. The Kier molecular flexibility index (Phi) is 2.07. The van der Waals surface area contributed by atoms with E-state index < -0.39 is 0 Å². The Labute approximate surface area is 93.3 Å². The zero-order valence-corrected chi connectivity index (χ0v) is 9.18. The zero-order chi connectivity index (χ0) is 11.1. The van der Waals surface area contributed by atoms with Gasteiger partial charge in [-0.3, -0.25) is 0 Å². The number of aromatic nitrogens is 3. The lowest BCUT2D eigenvalue weighted by molar-refractivity contribution is 0.451. The molecule has 2 aromatic heterocycles. The first kappa shape index (κ1) is 9.59. The fraction of sp³-hybridized carbons (Fsp3) is 0.455. The van der Waals surface area contributed by atoms with Gasteiger partial charge in [-0.1, -0.05) is 0 Å². The van der Waals surface area contributed by atoms with E-state index in [-0.39, 0.29) is 6.04 Å². The Morgan fingerprint density at radius 1 is 1.44 bits per heavy atom. The van der Waals surface area contributed by atoms with Crippen LogP contribution in [0.4, 0.5) is 0 Å². The van der Waals surface area contributed by atoms with E-state index in [1.165, 1.54) is 0 Å². The van der Waals surface area contributed by atoms with Gasteiger partial charge in [0.25, 0.3) is 0 Å². The Morgan fingerprint density at radius 2 is 2.31 bits per heavy atom. The molecular formula is C11H14N4O. The molecule has 1 unspecified atom stereocenters. The van der Waals surface area contributed by atoms with Crippen LogP contribution in [0, 0.1) is 6.92 Å². The molecule has 0 amide bonds. The van der Waals surface area contributed by atoms with E-state index in [4.69, 9.17) is 10.2 Å². The monoisotopic (exact) mass is 218 g/mol. The maximum absolute atomic E-state index is 5.95. The van der Waals surface area contributed by atoms with Crippen LogP contribution in [-0.2, 0) is 13.0 Å². The molecule has 1 atom stereocenters. The second-order valence-corrected chi connectivity index (χ2v) is 4.26. The molecule has 2 N–H and O–H groups in total. The van der Waals surface area contributed by atoms with Gasteiger partial charge in [0.15, 0.2) is 11.6 Å². The first-order valence-electron chi connectivity index (χ1n) is 5.48. The summed E-state index contributed by atoms with van der Waals surface area (Å²) in [5.41, 5.74) is 5.95. The largest absolute Gasteiger partial charge is 0.458 e. The van der Waals surface area contributed by atoms with Crippen molar-refractivity contribution in [2.24, 2.45) is 5.73 Å². The summed E-state index contributed by atoms with van der Waals surface area (Å²) >= 11 is 0. The molecule has 0 saturated heterocycles. The summed E-state index contributed by atoms with van der Waals surface area (Å²) in [5.74, 6) is 3.45. The van der Waals surface area contributed by atoms with E-state index >= 15 is 0 Å². The molecule has 84 valence electrons. The highest BCUT2D eigenvalue weighted by Gasteiger charge is 2.22. The number of hydrogen-bond acceptors (Lipinski definition) is 4. The van der Waals surface area contributed by atoms with E-state index in [2.05, 4.69) is 14.8 Å². The van der Waals surface area contributed by atoms with Crippen LogP contribution in [-0.4, -0.2) is 20.8 Å². The van der Waals surface area contributed by atoms with E-state index in [1.54, 1.807) is 0 Å². The predicted molar refractivity (Wildman–Crippen MR) is 58.8 cm³/mol. The van der Waals surface area contributed by atoms with Crippen molar-refractivity contribution in [3.63, 3.8) is 0 Å². The van der Waals surface area contributed by atoms with Crippen molar-refractivity contribution in [3.8, 4) is 11.6 Å². The van der Waals surface area contributed by atoms with Crippen molar-refractivity contribution in [3.05, 3.63) is 23.7 Å². The summed E-state index contributed by atoms with van der Waals surface area (Å²) in [7, 11) is 0. The lowest BCUT2D eigenvalue weighted by Gasteiger charge is -2.20. The molecule has 0 fully saturated rings. The van der Waals surface area contributed by atoms with Gasteiger partial charge in [-0.2, -0.15) is 0 Å². The average Bonchev–Trinajstić information content (AvgIpc) is 2.83. The molecule has 0 aliphatic carbocycles. The minimum absolute atomic E-state index is 0.193. The van der Waals surface area contributed by atoms with Gasteiger partial charge >= 0.3 is 0 Å². The summed E-state index contributed by atoms with van der Waals surface area (Å²) in [6, 6.07) is 4.05. The van der Waals surface area contributed by atoms with Gasteiger partial charge in [0, 0.05) is 19.0 Å². The minimum atomic E-state index is 0.193. The zero-order valence-electron chi connectivity index (χ0n) is 9.18. The first-order valence-corrected chi connectivity index (χ1v) is 5.48. The standard InChI is InChI=1S/C11H14N4O/c1-7-2-4-9(16-7)11-14-13-10-5-3-8(12)6-15(10)11/h2,4,8H,3,5-6,12H2,1H3. The summed E-state index contributed by atoms with van der Waals surface area (Å²) < 4.78 is 7.63. The van der Waals surface area contributed by atoms with Crippen molar-refractivity contribution in [1.82, 2.24) is 14.8 Å². The van der Waals surface area contributed by atoms with Crippen LogP contribution in [0.2, 0.25) is 0 Å². The Bertz CT molecular complexity index is 514. The molecule has 2 aromatic rings. The fourth-order valence-electron chi connectivity index (χ4n) is 2.09. The lowest BCUT2D eigenvalue weighted by Crippen LogP contribution is -2.32. The molecule has 3 rings (SSSR count). The molecular weight excluding hydrogens is 204 g/mol. The number of rotatable bonds is 1. The van der Waals surface area contributed by atoms with Gasteiger partial charge in [0.05, 0.1) is 0 Å². The van der Waals surface area contributed by atoms with Crippen LogP contribution in [0.1, 0.15) is 18.0 Å². The van der Waals surface area contributed by atoms with Gasteiger partial charge in [-0.25, -0.2) is 0 Å². The average molecular weight is 218 g/mol. The summed E-state index contributed by atoms with van der Waals surface area (Å²) in [6.45, 7) is 2.69. The van der Waals surface area contributed by atoms with Crippen molar-refractivity contribution < 1.29 is 4.42 Å². The molecule has 3 heterocycles. The predicted octanol–water partition coefficient (Wildman–Crippen LogP) is 1.12. The van der Waals surface area contributed by atoms with Gasteiger partial charge in [-0.15, -0.1) is 10.2 Å². The summed E-state index contributed by atoms with van der Waals surface area (Å²) in [4.78, 5) is 0. The van der Waals surface area contributed by atoms with Crippen molar-refractivity contribution >= 4 is 0 Å². The van der Waals surface area contributed by atoms with Gasteiger partial charge in [0.1, 0.15) is 11.6 Å². The molecule has 0 aromatic carbocycles. The Morgan fingerprint density at radius 3 is 3.06 bits per heavy atom. The highest BCUT2D eigenvalue weighted by molar-refractivity contribution is 5.47. The molecule has 16 heavy (non-hydrogen) atoms. The lowest BCUT2D eigenvalue weighted by atomic mass is 10.1. The highest BCUT2D eigenvalue weighted by atomic mass is 16.3. The van der Waals surface area contributed by atoms with Crippen LogP contribution < -0.4 is 5.73 Å². The van der Waals surface area contributed by atoms with Crippen LogP contribution >= 0.6 is 0 Å². The third kappa shape index (κ3) is 1.44. The van der Waals surface area contributed by atoms with Gasteiger partial charge in [-0.05, 0) is 25.5 Å². The minimum Gasteiger partial charge on any atom is -0.458 e. The molecule has 0 spiro atoms. The van der Waals surface area contributed by atoms with Crippen LogP contribution in [0.3, 0.4) is 0 Å². The number of aryl methyl sites for hydroxylation is 2. The number of fused-ring (bicyclic) bond motifs is 1. The molecule has 0 bridgehead atoms. The first-order chi connectivity index (χ1) is 7.74. The second-order valence-electron chi connectivity index (χ2n) is 4.26. The number of nitrogens with zero attached hydrogens (tertiary/aromatic N) is 3. The van der Waals surface area contributed by atoms with Gasteiger partial charge < -0.3 is 14.7 Å². The van der Waals surface area contributed by atoms with Gasteiger partial charge in [0.2, 0.25) is 0 Å². The molecule has 0 saturated carbocycles. The number of furan rings is 1. The van der Waals surface area contributed by atoms with E-state index in [9.17, 15) is 0 Å². The topological polar surface area (TPSA) is 69.9 Å². The van der Waals surface area contributed by atoms with Crippen molar-refractivity contribution in [2.75, 3.05) is 0 Å². The summed E-state index contributed by atoms with van der Waals surface area (Å²) in [5, 5.41) is 8.35. The van der Waals surface area contributed by atoms with Crippen LogP contribution in [0.15, 0.2) is 16.5 Å². The third-order valence-corrected chi connectivity index (χ3v) is 2.94. The SMILES string of the molecule is Cc1ccc(-c2nnc3n2CC(N)CC3)o1. The quantitative estimate of drug-likeness (QED) is 0.778. The smallest absolute Gasteiger partial charge is 0.199 e. The Hall–Kier alpha value is -1.62. The molecule has 5 heteroatoms. The second kappa shape index (κ2) is 3.45. The summed E-state index contributed by atoms with van der Waals surface area (Å²) in [6.07, 6.45) is 1.88. The Balaban J connectivity index is 2.06. The van der Waals surface area contributed by atoms with Crippen LogP contribution in [0.25, 0.3) is 11.6 Å². The van der Waals surface area contributed by atoms with Crippen LogP contribution in [0.5, 0.6) is 0 Å². The van der Waals surface area contributed by atoms with E-state index in [0.29, 0.717) is 0 Å². The third-order valence-electron chi connectivity index (χ3n) is 2.94. The van der Waals surface area contributed by atoms with Crippen molar-refractivity contribution in [1.29, 1.82) is 0 Å². The molecule has 0 radical (unpaired) electrons. The normalized spacial score (nSPS) is 19.8. The van der Waals surface area contributed by atoms with Crippen molar-refractivity contribution in [2.45, 2.75) is 32.4 Å². The number of hydrogen-bond donors (Lipinski definition) is 1.